The average molecular weight is 386 g/mol. The molecule has 1 unspecified atom stereocenters. The minimum absolute atomic E-state index is 0.135. The number of benzene rings is 1. The van der Waals surface area contributed by atoms with Gasteiger partial charge in [-0.15, -0.1) is 0 Å². The van der Waals surface area contributed by atoms with E-state index in [1.54, 1.807) is 0 Å². The van der Waals surface area contributed by atoms with Crippen LogP contribution in [0.5, 0.6) is 0 Å². The number of carbonyl (C=O) groups is 1. The molecule has 27 heavy (non-hydrogen) atoms. The summed E-state index contributed by atoms with van der Waals surface area (Å²) in [7, 11) is 0. The van der Waals surface area contributed by atoms with Gasteiger partial charge in [-0.05, 0) is 37.5 Å². The largest absolute Gasteiger partial charge is 0.376 e. The van der Waals surface area contributed by atoms with Crippen molar-refractivity contribution in [2.24, 2.45) is 0 Å². The molecular weight excluding hydrogens is 368 g/mol. The molecule has 1 aromatic carbocycles. The van der Waals surface area contributed by atoms with Gasteiger partial charge in [0, 0.05) is 12.8 Å². The number of aryl methyl sites for hydroxylation is 1. The molecule has 0 bridgehead atoms. The highest BCUT2D eigenvalue weighted by Crippen LogP contribution is 2.26. The SMILES string of the molecule is Cc1ccc2nc(NC(=O)c3c[nH]c(=O)n(CC4CCCO4)c3=O)sc2c1. The van der Waals surface area contributed by atoms with E-state index in [4.69, 9.17) is 4.74 Å². The summed E-state index contributed by atoms with van der Waals surface area (Å²) in [4.78, 5) is 44.0. The Kier molecular flexibility index (Phi) is 4.63. The Balaban J connectivity index is 1.60. The summed E-state index contributed by atoms with van der Waals surface area (Å²) in [5, 5.41) is 3.05. The Hall–Kier alpha value is -2.78. The highest BCUT2D eigenvalue weighted by Gasteiger charge is 2.21. The van der Waals surface area contributed by atoms with Crippen LogP contribution in [-0.4, -0.2) is 33.2 Å². The predicted molar refractivity (Wildman–Crippen MR) is 103 cm³/mol. The lowest BCUT2D eigenvalue weighted by Gasteiger charge is -2.11. The van der Waals surface area contributed by atoms with Gasteiger partial charge in [-0.25, -0.2) is 9.78 Å². The molecule has 2 N–H and O–H groups in total. The third-order valence-electron chi connectivity index (χ3n) is 4.48. The number of ether oxygens (including phenoxy) is 1. The number of aromatic nitrogens is 3. The zero-order valence-corrected chi connectivity index (χ0v) is 15.5. The standard InChI is InChI=1S/C18H18N4O4S/c1-10-4-5-13-14(7-10)27-17(20-13)21-15(23)12-8-19-18(25)22(16(12)24)9-11-3-2-6-26-11/h4-5,7-8,11H,2-3,6,9H2,1H3,(H,19,25)(H,20,21,23). The van der Waals surface area contributed by atoms with Crippen molar-refractivity contribution in [3.63, 3.8) is 0 Å². The molecule has 0 spiro atoms. The van der Waals surface area contributed by atoms with Crippen molar-refractivity contribution in [3.8, 4) is 0 Å². The van der Waals surface area contributed by atoms with E-state index in [0.29, 0.717) is 11.7 Å². The van der Waals surface area contributed by atoms with Gasteiger partial charge in [-0.2, -0.15) is 0 Å². The summed E-state index contributed by atoms with van der Waals surface area (Å²) >= 11 is 1.33. The van der Waals surface area contributed by atoms with E-state index in [1.165, 1.54) is 11.3 Å². The summed E-state index contributed by atoms with van der Waals surface area (Å²) in [6.45, 7) is 2.73. The third kappa shape index (κ3) is 3.56. The molecule has 140 valence electrons. The molecule has 1 saturated heterocycles. The highest BCUT2D eigenvalue weighted by molar-refractivity contribution is 7.22. The Bertz CT molecular complexity index is 1120. The predicted octanol–water partition coefficient (Wildman–Crippen LogP) is 1.89. The van der Waals surface area contributed by atoms with Gasteiger partial charge in [0.2, 0.25) is 0 Å². The topological polar surface area (TPSA) is 106 Å². The number of anilines is 1. The lowest BCUT2D eigenvalue weighted by atomic mass is 10.2. The fraction of sp³-hybridized carbons (Fsp3) is 0.333. The monoisotopic (exact) mass is 386 g/mol. The van der Waals surface area contributed by atoms with E-state index < -0.39 is 17.2 Å². The smallest absolute Gasteiger partial charge is 0.328 e. The minimum atomic E-state index is -0.635. The van der Waals surface area contributed by atoms with Gasteiger partial charge in [0.15, 0.2) is 5.13 Å². The Labute approximate surface area is 157 Å². The van der Waals surface area contributed by atoms with Gasteiger partial charge >= 0.3 is 5.69 Å². The van der Waals surface area contributed by atoms with Gasteiger partial charge in [-0.3, -0.25) is 19.5 Å². The number of aromatic amines is 1. The van der Waals surface area contributed by atoms with E-state index in [-0.39, 0.29) is 18.2 Å². The van der Waals surface area contributed by atoms with Crippen LogP contribution in [0, 0.1) is 6.92 Å². The molecule has 1 amide bonds. The van der Waals surface area contributed by atoms with Crippen LogP contribution in [-0.2, 0) is 11.3 Å². The van der Waals surface area contributed by atoms with E-state index >= 15 is 0 Å². The third-order valence-corrected chi connectivity index (χ3v) is 5.41. The quantitative estimate of drug-likeness (QED) is 0.712. The number of nitrogens with one attached hydrogen (secondary N) is 2. The maximum Gasteiger partial charge on any atom is 0.328 e. The van der Waals surface area contributed by atoms with Crippen molar-refractivity contribution in [1.29, 1.82) is 0 Å². The number of hydrogen-bond donors (Lipinski definition) is 2. The second kappa shape index (κ2) is 7.09. The Morgan fingerprint density at radius 1 is 1.44 bits per heavy atom. The Morgan fingerprint density at radius 2 is 2.30 bits per heavy atom. The molecule has 1 atom stereocenters. The van der Waals surface area contributed by atoms with Gasteiger partial charge in [0.05, 0.1) is 22.9 Å². The lowest BCUT2D eigenvalue weighted by Crippen LogP contribution is -2.41. The van der Waals surface area contributed by atoms with E-state index in [9.17, 15) is 14.4 Å². The molecular formula is C18H18N4O4S. The second-order valence-electron chi connectivity index (χ2n) is 6.50. The number of H-pyrrole nitrogens is 1. The molecule has 9 heteroatoms. The van der Waals surface area contributed by atoms with E-state index in [1.807, 2.05) is 25.1 Å². The first-order valence-electron chi connectivity index (χ1n) is 8.64. The summed E-state index contributed by atoms with van der Waals surface area (Å²) in [6, 6.07) is 5.81. The van der Waals surface area contributed by atoms with Crippen molar-refractivity contribution >= 4 is 32.6 Å². The van der Waals surface area contributed by atoms with Crippen LogP contribution >= 0.6 is 11.3 Å². The zero-order chi connectivity index (χ0) is 19.0. The minimum Gasteiger partial charge on any atom is -0.376 e. The van der Waals surface area contributed by atoms with Crippen LogP contribution in [0.3, 0.4) is 0 Å². The van der Waals surface area contributed by atoms with Crippen LogP contribution in [0.4, 0.5) is 5.13 Å². The molecule has 0 radical (unpaired) electrons. The first-order valence-corrected chi connectivity index (χ1v) is 9.45. The summed E-state index contributed by atoms with van der Waals surface area (Å²) in [6.07, 6.45) is 2.64. The molecule has 0 aliphatic carbocycles. The van der Waals surface area contributed by atoms with Gasteiger partial charge < -0.3 is 9.72 Å². The van der Waals surface area contributed by atoms with Crippen LogP contribution < -0.4 is 16.6 Å². The van der Waals surface area contributed by atoms with E-state index in [2.05, 4.69) is 15.3 Å². The molecule has 1 aliphatic rings. The van der Waals surface area contributed by atoms with Gasteiger partial charge in [0.1, 0.15) is 5.56 Å². The molecule has 3 aromatic rings. The van der Waals surface area contributed by atoms with Crippen molar-refractivity contribution in [3.05, 3.63) is 56.4 Å². The molecule has 3 heterocycles. The molecule has 4 rings (SSSR count). The Morgan fingerprint density at radius 3 is 3.07 bits per heavy atom. The van der Waals surface area contributed by atoms with Crippen molar-refractivity contribution in [1.82, 2.24) is 14.5 Å². The number of rotatable bonds is 4. The second-order valence-corrected chi connectivity index (χ2v) is 7.53. The van der Waals surface area contributed by atoms with Crippen molar-refractivity contribution in [2.75, 3.05) is 11.9 Å². The molecule has 1 aliphatic heterocycles. The number of fused-ring (bicyclic) bond motifs is 1. The first-order chi connectivity index (χ1) is 13.0. The average Bonchev–Trinajstić information content (AvgIpc) is 3.27. The maximum absolute atomic E-state index is 12.6. The lowest BCUT2D eigenvalue weighted by molar-refractivity contribution is 0.0941. The number of nitrogens with zero attached hydrogens (tertiary/aromatic N) is 2. The molecule has 8 nitrogen and oxygen atoms in total. The number of hydrogen-bond acceptors (Lipinski definition) is 6. The summed E-state index contributed by atoms with van der Waals surface area (Å²) < 4.78 is 7.45. The van der Waals surface area contributed by atoms with Crippen molar-refractivity contribution < 1.29 is 9.53 Å². The zero-order valence-electron chi connectivity index (χ0n) is 14.7. The van der Waals surface area contributed by atoms with Gasteiger partial charge in [-0.1, -0.05) is 17.4 Å². The normalized spacial score (nSPS) is 16.7. The van der Waals surface area contributed by atoms with Crippen LogP contribution in [0.1, 0.15) is 28.8 Å². The van der Waals surface area contributed by atoms with Crippen molar-refractivity contribution in [2.45, 2.75) is 32.4 Å². The number of thiazole rings is 1. The van der Waals surface area contributed by atoms with Gasteiger partial charge in [0.25, 0.3) is 11.5 Å². The fourth-order valence-corrected chi connectivity index (χ4v) is 4.04. The van der Waals surface area contributed by atoms with Crippen LogP contribution in [0.15, 0.2) is 34.0 Å². The number of amides is 1. The summed E-state index contributed by atoms with van der Waals surface area (Å²) in [5.41, 5.74) is 0.550. The molecule has 2 aromatic heterocycles. The molecule has 0 saturated carbocycles. The fourth-order valence-electron chi connectivity index (χ4n) is 3.08. The van der Waals surface area contributed by atoms with Crippen LogP contribution in [0.25, 0.3) is 10.2 Å². The summed E-state index contributed by atoms with van der Waals surface area (Å²) in [5.74, 6) is -0.604. The maximum atomic E-state index is 12.6. The number of carbonyl (C=O) groups excluding carboxylic acids is 1. The van der Waals surface area contributed by atoms with Crippen LogP contribution in [0.2, 0.25) is 0 Å². The van der Waals surface area contributed by atoms with E-state index in [0.717, 1.165) is 39.4 Å². The highest BCUT2D eigenvalue weighted by atomic mass is 32.1. The first kappa shape index (κ1) is 17.6. The molecule has 1 fully saturated rings.